The van der Waals surface area contributed by atoms with Crippen LogP contribution in [0.3, 0.4) is 0 Å². The molecule has 0 spiro atoms. The fourth-order valence-corrected chi connectivity index (χ4v) is 0.769. The van der Waals surface area contributed by atoms with Crippen LogP contribution in [0.25, 0.3) is 0 Å². The smallest absolute Gasteiger partial charge is 0.326 e. The molecule has 0 atom stereocenters. The molecule has 0 aliphatic rings. The van der Waals surface area contributed by atoms with Crippen molar-refractivity contribution in [1.82, 2.24) is 4.98 Å². The van der Waals surface area contributed by atoms with Crippen molar-refractivity contribution in [2.75, 3.05) is 0 Å². The van der Waals surface area contributed by atoms with Crippen molar-refractivity contribution in [3.05, 3.63) is 27.8 Å². The molecule has 1 heterocycles. The van der Waals surface area contributed by atoms with Gasteiger partial charge >= 0.3 is 5.69 Å². The molecule has 0 aromatic carbocycles. The standard InChI is InChI=1S/C6H3F3N2O3/c7-3-2(11(13)14)1-10-4(5(3)12)6(8)9/h1,6,12H. The molecule has 1 aromatic rings. The molecule has 0 unspecified atom stereocenters. The van der Waals surface area contributed by atoms with E-state index >= 15 is 0 Å². The number of nitrogens with zero attached hydrogens (tertiary/aromatic N) is 2. The Morgan fingerprint density at radius 1 is 1.57 bits per heavy atom. The maximum atomic E-state index is 12.8. The number of aromatic nitrogens is 1. The minimum Gasteiger partial charge on any atom is -0.503 e. The van der Waals surface area contributed by atoms with E-state index in [-0.39, 0.29) is 0 Å². The minimum absolute atomic E-state index is 0.330. The number of alkyl halides is 2. The van der Waals surface area contributed by atoms with Crippen LogP contribution in [0.2, 0.25) is 0 Å². The first-order chi connectivity index (χ1) is 6.45. The largest absolute Gasteiger partial charge is 0.503 e. The Morgan fingerprint density at radius 3 is 2.57 bits per heavy atom. The lowest BCUT2D eigenvalue weighted by atomic mass is 10.3. The highest BCUT2D eigenvalue weighted by Crippen LogP contribution is 2.32. The molecule has 1 N–H and O–H groups in total. The normalized spacial score (nSPS) is 10.6. The summed E-state index contributed by atoms with van der Waals surface area (Å²) in [6.45, 7) is 0. The Balaban J connectivity index is 3.33. The van der Waals surface area contributed by atoms with Crippen LogP contribution in [-0.4, -0.2) is 15.0 Å². The van der Waals surface area contributed by atoms with Crippen molar-refractivity contribution >= 4 is 5.69 Å². The molecule has 0 aliphatic heterocycles. The summed E-state index contributed by atoms with van der Waals surface area (Å²) in [6, 6.07) is 0. The number of hydrogen-bond donors (Lipinski definition) is 1. The summed E-state index contributed by atoms with van der Waals surface area (Å²) in [5.74, 6) is -3.20. The summed E-state index contributed by atoms with van der Waals surface area (Å²) in [5, 5.41) is 18.9. The van der Waals surface area contributed by atoms with Crippen LogP contribution in [-0.2, 0) is 0 Å². The van der Waals surface area contributed by atoms with Gasteiger partial charge in [0.25, 0.3) is 6.43 Å². The van der Waals surface area contributed by atoms with Gasteiger partial charge in [-0.2, -0.15) is 4.39 Å². The lowest BCUT2D eigenvalue weighted by Gasteiger charge is -2.02. The van der Waals surface area contributed by atoms with E-state index in [0.29, 0.717) is 6.20 Å². The Morgan fingerprint density at radius 2 is 2.14 bits per heavy atom. The van der Waals surface area contributed by atoms with E-state index in [1.807, 2.05) is 0 Å². The van der Waals surface area contributed by atoms with Crippen molar-refractivity contribution in [1.29, 1.82) is 0 Å². The fraction of sp³-hybridized carbons (Fsp3) is 0.167. The number of nitro groups is 1. The Kier molecular flexibility index (Phi) is 2.54. The molecule has 1 rings (SSSR count). The predicted octanol–water partition coefficient (Wildman–Crippen LogP) is 1.77. The van der Waals surface area contributed by atoms with Gasteiger partial charge in [0.2, 0.25) is 5.82 Å². The Bertz CT molecular complexity index is 383. The van der Waals surface area contributed by atoms with Crippen LogP contribution in [0.15, 0.2) is 6.20 Å². The molecule has 0 aliphatic carbocycles. The molecule has 1 aromatic heterocycles. The fourth-order valence-electron chi connectivity index (χ4n) is 0.769. The number of halogens is 3. The number of pyridine rings is 1. The second-order valence-corrected chi connectivity index (χ2v) is 2.25. The van der Waals surface area contributed by atoms with Gasteiger partial charge in [0.15, 0.2) is 11.4 Å². The second-order valence-electron chi connectivity index (χ2n) is 2.25. The second kappa shape index (κ2) is 3.48. The van der Waals surface area contributed by atoms with E-state index < -0.39 is 34.3 Å². The highest BCUT2D eigenvalue weighted by Gasteiger charge is 2.25. The van der Waals surface area contributed by atoms with Gasteiger partial charge < -0.3 is 5.11 Å². The molecular weight excluding hydrogens is 205 g/mol. The highest BCUT2D eigenvalue weighted by atomic mass is 19.3. The van der Waals surface area contributed by atoms with Crippen molar-refractivity contribution in [3.63, 3.8) is 0 Å². The summed E-state index contributed by atoms with van der Waals surface area (Å²) in [7, 11) is 0. The first kappa shape index (κ1) is 10.2. The van der Waals surface area contributed by atoms with Gasteiger partial charge in [0.1, 0.15) is 6.20 Å². The van der Waals surface area contributed by atoms with Gasteiger partial charge in [-0.25, -0.2) is 13.8 Å². The monoisotopic (exact) mass is 208 g/mol. The van der Waals surface area contributed by atoms with E-state index in [1.54, 1.807) is 0 Å². The van der Waals surface area contributed by atoms with Crippen LogP contribution in [0.5, 0.6) is 5.75 Å². The van der Waals surface area contributed by atoms with E-state index in [4.69, 9.17) is 5.11 Å². The topological polar surface area (TPSA) is 76.3 Å². The summed E-state index contributed by atoms with van der Waals surface area (Å²) < 4.78 is 36.8. The van der Waals surface area contributed by atoms with Gasteiger partial charge in [-0.15, -0.1) is 0 Å². The summed E-state index contributed by atoms with van der Waals surface area (Å²) in [5.41, 5.74) is -2.36. The SMILES string of the molecule is O=[N+]([O-])c1cnc(C(F)F)c(O)c1F. The minimum atomic E-state index is -3.19. The zero-order chi connectivity index (χ0) is 10.9. The predicted molar refractivity (Wildman–Crippen MR) is 37.5 cm³/mol. The number of rotatable bonds is 2. The molecule has 0 amide bonds. The number of aromatic hydroxyl groups is 1. The maximum absolute atomic E-state index is 12.8. The zero-order valence-electron chi connectivity index (χ0n) is 6.45. The third-order valence-corrected chi connectivity index (χ3v) is 1.40. The molecule has 0 fully saturated rings. The van der Waals surface area contributed by atoms with Gasteiger partial charge in [-0.05, 0) is 0 Å². The molecule has 0 radical (unpaired) electrons. The Hall–Kier alpha value is -1.86. The van der Waals surface area contributed by atoms with E-state index in [2.05, 4.69) is 4.98 Å². The average Bonchev–Trinajstić information content (AvgIpc) is 2.08. The molecule has 0 saturated heterocycles. The van der Waals surface area contributed by atoms with E-state index in [9.17, 15) is 23.3 Å². The van der Waals surface area contributed by atoms with Gasteiger partial charge in [-0.3, -0.25) is 10.1 Å². The third-order valence-electron chi connectivity index (χ3n) is 1.40. The van der Waals surface area contributed by atoms with Crippen LogP contribution in [0.4, 0.5) is 18.9 Å². The average molecular weight is 208 g/mol. The maximum Gasteiger partial charge on any atom is 0.326 e. The molecule has 76 valence electrons. The summed E-state index contributed by atoms with van der Waals surface area (Å²) in [4.78, 5) is 11.8. The molecule has 0 bridgehead atoms. The van der Waals surface area contributed by atoms with Crippen molar-refractivity contribution < 1.29 is 23.2 Å². The van der Waals surface area contributed by atoms with Crippen molar-refractivity contribution in [2.45, 2.75) is 6.43 Å². The number of hydrogen-bond acceptors (Lipinski definition) is 4. The van der Waals surface area contributed by atoms with Crippen LogP contribution < -0.4 is 0 Å². The van der Waals surface area contributed by atoms with E-state index in [0.717, 1.165) is 0 Å². The van der Waals surface area contributed by atoms with Crippen LogP contribution >= 0.6 is 0 Å². The summed E-state index contributed by atoms with van der Waals surface area (Å²) in [6.07, 6.45) is -2.86. The van der Waals surface area contributed by atoms with Crippen LogP contribution in [0.1, 0.15) is 12.1 Å². The molecule has 8 heteroatoms. The molecule has 5 nitrogen and oxygen atoms in total. The lowest BCUT2D eigenvalue weighted by molar-refractivity contribution is -0.388. The van der Waals surface area contributed by atoms with Gasteiger partial charge in [0.05, 0.1) is 4.92 Å². The highest BCUT2D eigenvalue weighted by molar-refractivity contribution is 5.40. The van der Waals surface area contributed by atoms with Crippen molar-refractivity contribution in [2.24, 2.45) is 0 Å². The van der Waals surface area contributed by atoms with Gasteiger partial charge in [-0.1, -0.05) is 0 Å². The molecule has 0 saturated carbocycles. The molecular formula is C6H3F3N2O3. The zero-order valence-corrected chi connectivity index (χ0v) is 6.45. The first-order valence-corrected chi connectivity index (χ1v) is 3.25. The molecule has 14 heavy (non-hydrogen) atoms. The quantitative estimate of drug-likeness (QED) is 0.593. The Labute approximate surface area is 75.0 Å². The third kappa shape index (κ3) is 1.58. The van der Waals surface area contributed by atoms with Crippen molar-refractivity contribution in [3.8, 4) is 5.75 Å². The van der Waals surface area contributed by atoms with E-state index in [1.165, 1.54) is 0 Å². The summed E-state index contributed by atoms with van der Waals surface area (Å²) >= 11 is 0. The van der Waals surface area contributed by atoms with Gasteiger partial charge in [0, 0.05) is 0 Å². The first-order valence-electron chi connectivity index (χ1n) is 3.25. The van der Waals surface area contributed by atoms with Crippen LogP contribution in [0, 0.1) is 15.9 Å². The lowest BCUT2D eigenvalue weighted by Crippen LogP contribution is -1.99.